The lowest BCUT2D eigenvalue weighted by Crippen LogP contribution is -2.44. The Morgan fingerprint density at radius 1 is 1.19 bits per heavy atom. The second kappa shape index (κ2) is 8.83. The maximum Gasteiger partial charge on any atom is 0.236 e. The predicted molar refractivity (Wildman–Crippen MR) is 118 cm³/mol. The Balaban J connectivity index is 1.28. The number of carbonyl (C=O) groups excluding carboxylic acids is 1. The van der Waals surface area contributed by atoms with Gasteiger partial charge in [0, 0.05) is 57.8 Å². The first kappa shape index (κ1) is 21.4. The van der Waals surface area contributed by atoms with E-state index in [1.807, 2.05) is 36.1 Å². The van der Waals surface area contributed by atoms with Gasteiger partial charge in [0.05, 0.1) is 12.5 Å². The number of fused-ring (bicyclic) bond motifs is 1. The van der Waals surface area contributed by atoms with E-state index in [4.69, 9.17) is 14.0 Å². The summed E-state index contributed by atoms with van der Waals surface area (Å²) in [4.78, 5) is 22.4. The molecule has 1 aromatic heterocycles. The van der Waals surface area contributed by atoms with E-state index in [2.05, 4.69) is 15.0 Å². The van der Waals surface area contributed by atoms with Crippen LogP contribution in [0.25, 0.3) is 0 Å². The van der Waals surface area contributed by atoms with Gasteiger partial charge in [-0.1, -0.05) is 17.3 Å². The number of amides is 1. The first-order valence-electron chi connectivity index (χ1n) is 11.6. The van der Waals surface area contributed by atoms with E-state index in [-0.39, 0.29) is 11.3 Å². The number of ether oxygens (including phenoxy) is 2. The minimum absolute atomic E-state index is 0.198. The fraction of sp³-hybridized carbons (Fsp3) is 0.625. The summed E-state index contributed by atoms with van der Waals surface area (Å²) >= 11 is 0. The van der Waals surface area contributed by atoms with Crippen molar-refractivity contribution < 1.29 is 18.8 Å². The molecule has 8 heteroatoms. The molecule has 0 bridgehead atoms. The van der Waals surface area contributed by atoms with Crippen LogP contribution in [-0.4, -0.2) is 78.4 Å². The Labute approximate surface area is 188 Å². The minimum atomic E-state index is -0.269. The third-order valence-electron chi connectivity index (χ3n) is 7.44. The summed E-state index contributed by atoms with van der Waals surface area (Å²) in [6.07, 6.45) is 3.36. The average molecular weight is 441 g/mol. The fourth-order valence-corrected chi connectivity index (χ4v) is 5.63. The zero-order valence-corrected chi connectivity index (χ0v) is 19.0. The Hall–Kier alpha value is -2.45. The fourth-order valence-electron chi connectivity index (χ4n) is 5.63. The van der Waals surface area contributed by atoms with E-state index in [0.29, 0.717) is 36.6 Å². The highest BCUT2D eigenvalue weighted by Gasteiger charge is 2.58. The van der Waals surface area contributed by atoms with Gasteiger partial charge in [0.25, 0.3) is 0 Å². The molecule has 0 unspecified atom stereocenters. The molecule has 1 amide bonds. The van der Waals surface area contributed by atoms with Gasteiger partial charge >= 0.3 is 0 Å². The van der Waals surface area contributed by atoms with Crippen molar-refractivity contribution in [2.75, 3.05) is 46.5 Å². The lowest BCUT2D eigenvalue weighted by molar-refractivity contribution is -0.130. The summed E-state index contributed by atoms with van der Waals surface area (Å²) in [6.45, 7) is 6.75. The minimum Gasteiger partial charge on any atom is -0.497 e. The summed E-state index contributed by atoms with van der Waals surface area (Å²) in [5, 5.41) is 4.08. The van der Waals surface area contributed by atoms with Gasteiger partial charge in [-0.05, 0) is 43.9 Å². The topological polar surface area (TPSA) is 80.9 Å². The summed E-state index contributed by atoms with van der Waals surface area (Å²) < 4.78 is 16.5. The van der Waals surface area contributed by atoms with Crippen LogP contribution in [0.2, 0.25) is 0 Å². The molecule has 8 nitrogen and oxygen atoms in total. The van der Waals surface area contributed by atoms with E-state index in [1.54, 1.807) is 7.11 Å². The van der Waals surface area contributed by atoms with Crippen molar-refractivity contribution in [3.8, 4) is 5.75 Å². The van der Waals surface area contributed by atoms with Gasteiger partial charge in [-0.2, -0.15) is 4.98 Å². The number of aromatic nitrogens is 2. The second-order valence-electron chi connectivity index (χ2n) is 9.40. The lowest BCUT2D eigenvalue weighted by atomic mass is 9.81. The van der Waals surface area contributed by atoms with Crippen LogP contribution < -0.4 is 4.74 Å². The van der Waals surface area contributed by atoms with Gasteiger partial charge in [-0.3, -0.25) is 9.69 Å². The number of aryl methyl sites for hydroxylation is 2. The van der Waals surface area contributed by atoms with Crippen LogP contribution >= 0.6 is 0 Å². The van der Waals surface area contributed by atoms with Crippen LogP contribution in [0.3, 0.4) is 0 Å². The number of nitrogens with zero attached hydrogens (tertiary/aromatic N) is 4. The molecule has 0 aliphatic carbocycles. The van der Waals surface area contributed by atoms with Crippen LogP contribution in [0.4, 0.5) is 0 Å². The Bertz CT molecular complexity index is 940. The first-order chi connectivity index (χ1) is 15.6. The molecular formula is C24H32N4O4. The molecule has 0 saturated carbocycles. The second-order valence-corrected chi connectivity index (χ2v) is 9.40. The van der Waals surface area contributed by atoms with Gasteiger partial charge in [-0.15, -0.1) is 0 Å². The van der Waals surface area contributed by atoms with Crippen LogP contribution in [0.5, 0.6) is 5.75 Å². The number of methoxy groups -OCH3 is 1. The van der Waals surface area contributed by atoms with Crippen molar-refractivity contribution in [1.82, 2.24) is 19.9 Å². The largest absolute Gasteiger partial charge is 0.497 e. The molecule has 0 N–H and O–H groups in total. The van der Waals surface area contributed by atoms with Crippen LogP contribution in [0.15, 0.2) is 28.8 Å². The maximum atomic E-state index is 13.1. The number of benzene rings is 1. The van der Waals surface area contributed by atoms with Crippen molar-refractivity contribution in [1.29, 1.82) is 0 Å². The van der Waals surface area contributed by atoms with Crippen molar-refractivity contribution in [2.24, 2.45) is 5.92 Å². The summed E-state index contributed by atoms with van der Waals surface area (Å²) in [5.41, 5.74) is 0.876. The van der Waals surface area contributed by atoms with Crippen LogP contribution in [-0.2, 0) is 21.4 Å². The SMILES string of the molecule is COc1ccc(CCC(=O)N2C[C@H]3CN(C4CCOCC4)C[C@@]3(c3nc(C)no3)C2)cc1. The molecule has 2 aromatic rings. The smallest absolute Gasteiger partial charge is 0.236 e. The summed E-state index contributed by atoms with van der Waals surface area (Å²) in [7, 11) is 1.66. The van der Waals surface area contributed by atoms with Crippen molar-refractivity contribution in [2.45, 2.75) is 44.1 Å². The number of hydrogen-bond donors (Lipinski definition) is 0. The number of carbonyl (C=O) groups is 1. The molecule has 0 radical (unpaired) electrons. The monoisotopic (exact) mass is 440 g/mol. The highest BCUT2D eigenvalue weighted by atomic mass is 16.5. The van der Waals surface area contributed by atoms with Crippen LogP contribution in [0, 0.1) is 12.8 Å². The zero-order chi connectivity index (χ0) is 22.1. The average Bonchev–Trinajstić information content (AvgIpc) is 3.51. The quantitative estimate of drug-likeness (QED) is 0.681. The number of likely N-dealkylation sites (tertiary alicyclic amines) is 2. The molecule has 2 atom stereocenters. The molecule has 3 saturated heterocycles. The Kier molecular flexibility index (Phi) is 5.90. The van der Waals surface area contributed by atoms with Gasteiger partial charge in [0.15, 0.2) is 5.82 Å². The predicted octanol–water partition coefficient (Wildman–Crippen LogP) is 2.21. The van der Waals surface area contributed by atoms with E-state index >= 15 is 0 Å². The number of rotatable bonds is 6. The number of hydrogen-bond acceptors (Lipinski definition) is 7. The molecule has 3 aliphatic heterocycles. The van der Waals surface area contributed by atoms with Gasteiger partial charge in [0.2, 0.25) is 11.8 Å². The van der Waals surface area contributed by atoms with E-state index in [1.165, 1.54) is 0 Å². The molecule has 3 fully saturated rings. The lowest BCUT2D eigenvalue weighted by Gasteiger charge is -2.33. The molecule has 1 aromatic carbocycles. The van der Waals surface area contributed by atoms with Crippen LogP contribution in [0.1, 0.15) is 36.5 Å². The van der Waals surface area contributed by atoms with Gasteiger partial charge in [-0.25, -0.2) is 0 Å². The molecule has 3 aliphatic rings. The highest BCUT2D eigenvalue weighted by molar-refractivity contribution is 5.77. The van der Waals surface area contributed by atoms with E-state index in [0.717, 1.165) is 63.4 Å². The highest BCUT2D eigenvalue weighted by Crippen LogP contribution is 2.45. The summed E-state index contributed by atoms with van der Waals surface area (Å²) in [6, 6.07) is 8.48. The van der Waals surface area contributed by atoms with E-state index in [9.17, 15) is 4.79 Å². The first-order valence-corrected chi connectivity index (χ1v) is 11.6. The molecule has 4 heterocycles. The standard InChI is InChI=1S/C24H32N4O4/c1-17-25-23(32-26-17)24-15-27(20-9-11-31-12-10-20)13-19(24)14-28(16-24)22(29)8-5-18-3-6-21(30-2)7-4-18/h3-4,6-7,19-20H,5,8-16H2,1-2H3/t19-,24-/m1/s1. The van der Waals surface area contributed by atoms with Gasteiger partial charge in [0.1, 0.15) is 5.75 Å². The molecule has 0 spiro atoms. The molecule has 32 heavy (non-hydrogen) atoms. The third kappa shape index (κ3) is 4.01. The normalized spacial score (nSPS) is 26.4. The maximum absolute atomic E-state index is 13.1. The van der Waals surface area contributed by atoms with Crippen molar-refractivity contribution in [3.05, 3.63) is 41.5 Å². The molecule has 172 valence electrons. The molecular weight excluding hydrogens is 408 g/mol. The van der Waals surface area contributed by atoms with E-state index < -0.39 is 0 Å². The van der Waals surface area contributed by atoms with Crippen molar-refractivity contribution in [3.63, 3.8) is 0 Å². The Morgan fingerprint density at radius 3 is 2.66 bits per heavy atom. The zero-order valence-electron chi connectivity index (χ0n) is 19.0. The Morgan fingerprint density at radius 2 is 1.97 bits per heavy atom. The third-order valence-corrected chi connectivity index (χ3v) is 7.44. The summed E-state index contributed by atoms with van der Waals surface area (Å²) in [5.74, 6) is 2.69. The van der Waals surface area contributed by atoms with Crippen molar-refractivity contribution >= 4 is 5.91 Å². The van der Waals surface area contributed by atoms with Gasteiger partial charge < -0.3 is 18.9 Å². The molecule has 5 rings (SSSR count).